The number of hydrogen-bond acceptors (Lipinski definition) is 7. The molecule has 1 saturated heterocycles. The standard InChI is InChI=1S/C56H68ClN8P/c1-39(66(7,8)65(48-12-10-9-11-13-48)50-34-45-32-47(22-25-62(5)6)61-54(45)53(35-50)58-4)51-19-18-49(33-44(51)31-40-30-42-21-24-59-55(42)60-37-40)64-28-26-63(27-29-64)38-43-20-23-56(2,3)36-52(43)41-14-16-46(57)17-15-41/h9-19,21,24,30,33-35,37,47,58,61H,1,7,20,22-23,25-29,31-32,36,38H2,2-6,8H3,(H,59,60). The third-order valence-electron chi connectivity index (χ3n) is 14.3. The van der Waals surface area contributed by atoms with Crippen LogP contribution in [0.15, 0.2) is 122 Å². The van der Waals surface area contributed by atoms with E-state index in [0.29, 0.717) is 11.5 Å². The fourth-order valence-corrected chi connectivity index (χ4v) is 12.8. The summed E-state index contributed by atoms with van der Waals surface area (Å²) < 4.78 is 2.50. The topological polar surface area (TPSA) is 65.7 Å². The number of nitrogens with zero attached hydrogens (tertiary/aromatic N) is 5. The van der Waals surface area contributed by atoms with Gasteiger partial charge in [-0.25, -0.2) is 4.98 Å². The summed E-state index contributed by atoms with van der Waals surface area (Å²) in [4.78, 5) is 15.6. The number of rotatable bonds is 15. The van der Waals surface area contributed by atoms with Crippen molar-refractivity contribution >= 4 is 75.3 Å². The molecule has 0 saturated carbocycles. The van der Waals surface area contributed by atoms with E-state index < -0.39 is 7.04 Å². The van der Waals surface area contributed by atoms with Crippen LogP contribution in [-0.2, 0) is 12.8 Å². The summed E-state index contributed by atoms with van der Waals surface area (Å²) >= 11 is 6.33. The molecule has 8 nitrogen and oxygen atoms in total. The first-order chi connectivity index (χ1) is 31.7. The SMILES string of the molecule is C=C(c1ccc(N2CCN(CC3=C(c4ccc(Cl)cc4)CC(C)(C)CC3)CC2)cc1Cc1cnc2[nH]ccc2c1)P(=C)(C)N(c1ccccc1)c1cc2c(c(NC)c1)NC(CCN(C)C)C2. The van der Waals surface area contributed by atoms with E-state index in [1.165, 1.54) is 51.2 Å². The van der Waals surface area contributed by atoms with Crippen LogP contribution in [0, 0.1) is 5.41 Å². The smallest absolute Gasteiger partial charge is 0.137 e. The molecule has 2 aromatic heterocycles. The van der Waals surface area contributed by atoms with E-state index >= 15 is 0 Å². The van der Waals surface area contributed by atoms with E-state index in [-0.39, 0.29) is 0 Å². The van der Waals surface area contributed by atoms with E-state index in [0.717, 1.165) is 110 Å². The van der Waals surface area contributed by atoms with Gasteiger partial charge in [-0.3, -0.25) is 4.90 Å². The van der Waals surface area contributed by atoms with Crippen molar-refractivity contribution in [3.8, 4) is 0 Å². The lowest BCUT2D eigenvalue weighted by atomic mass is 9.72. The van der Waals surface area contributed by atoms with Crippen molar-refractivity contribution in [2.24, 2.45) is 5.41 Å². The van der Waals surface area contributed by atoms with E-state index in [9.17, 15) is 0 Å². The first kappa shape index (κ1) is 45.9. The molecule has 6 aromatic rings. The van der Waals surface area contributed by atoms with Gasteiger partial charge in [0.2, 0.25) is 0 Å². The zero-order valence-electron chi connectivity index (χ0n) is 39.9. The quantitative estimate of drug-likeness (QED) is 0.0887. The molecule has 2 aliphatic heterocycles. The van der Waals surface area contributed by atoms with Crippen molar-refractivity contribution in [2.45, 2.75) is 58.4 Å². The average Bonchev–Trinajstić information content (AvgIpc) is 3.96. The van der Waals surface area contributed by atoms with Gasteiger partial charge in [-0.15, -0.1) is 0 Å². The normalized spacial score (nSPS) is 18.3. The van der Waals surface area contributed by atoms with Gasteiger partial charge >= 0.3 is 0 Å². The van der Waals surface area contributed by atoms with Gasteiger partial charge in [0.1, 0.15) is 5.65 Å². The number of piperazine rings is 1. The molecule has 4 heterocycles. The molecule has 2 atom stereocenters. The number of halogens is 1. The van der Waals surface area contributed by atoms with Crippen LogP contribution in [0.3, 0.4) is 0 Å². The number of aromatic nitrogens is 2. The zero-order valence-corrected chi connectivity index (χ0v) is 41.6. The number of H-pyrrole nitrogens is 1. The summed E-state index contributed by atoms with van der Waals surface area (Å²) in [6.07, 6.45) is 15.4. The maximum Gasteiger partial charge on any atom is 0.137 e. The molecule has 66 heavy (non-hydrogen) atoms. The van der Waals surface area contributed by atoms with Crippen molar-refractivity contribution in [3.63, 3.8) is 0 Å². The van der Waals surface area contributed by atoms with Crippen LogP contribution < -0.4 is 20.2 Å². The Morgan fingerprint density at radius 1 is 0.955 bits per heavy atom. The minimum atomic E-state index is -2.40. The molecule has 344 valence electrons. The van der Waals surface area contributed by atoms with Crippen molar-refractivity contribution in [2.75, 3.05) is 87.3 Å². The van der Waals surface area contributed by atoms with Crippen molar-refractivity contribution in [3.05, 3.63) is 154 Å². The number of anilines is 5. The summed E-state index contributed by atoms with van der Waals surface area (Å²) in [5.74, 6) is 0. The Hall–Kier alpha value is -5.24. The predicted octanol–water partition coefficient (Wildman–Crippen LogP) is 12.7. The molecule has 3 N–H and O–H groups in total. The molecular formula is C56H68ClN8P. The highest BCUT2D eigenvalue weighted by Gasteiger charge is 2.32. The Bertz CT molecular complexity index is 2780. The molecule has 0 amide bonds. The van der Waals surface area contributed by atoms with Crippen LogP contribution in [-0.4, -0.2) is 99.2 Å². The molecule has 0 radical (unpaired) electrons. The first-order valence-electron chi connectivity index (χ1n) is 23.8. The van der Waals surface area contributed by atoms with Crippen LogP contribution in [0.2, 0.25) is 5.02 Å². The summed E-state index contributed by atoms with van der Waals surface area (Å²) in [6.45, 7) is 18.2. The fraction of sp³-hybridized carbons (Fsp3) is 0.357. The zero-order chi connectivity index (χ0) is 46.2. The molecular weight excluding hydrogens is 851 g/mol. The number of aromatic amines is 1. The molecule has 0 bridgehead atoms. The summed E-state index contributed by atoms with van der Waals surface area (Å²) in [6, 6.07) is 35.9. The van der Waals surface area contributed by atoms with E-state index in [2.05, 4.69) is 155 Å². The Labute approximate surface area is 398 Å². The summed E-state index contributed by atoms with van der Waals surface area (Å²) in [7, 11) is 3.93. The van der Waals surface area contributed by atoms with E-state index in [1.807, 2.05) is 31.6 Å². The van der Waals surface area contributed by atoms with Crippen LogP contribution in [0.1, 0.15) is 67.3 Å². The van der Waals surface area contributed by atoms with Gasteiger partial charge in [-0.2, -0.15) is 0 Å². The highest BCUT2D eigenvalue weighted by atomic mass is 35.5. The lowest BCUT2D eigenvalue weighted by Crippen LogP contribution is -2.47. The number of hydrogen-bond donors (Lipinski definition) is 3. The predicted molar refractivity (Wildman–Crippen MR) is 288 cm³/mol. The van der Waals surface area contributed by atoms with Gasteiger partial charge in [-0.05, 0) is 178 Å². The first-order valence-corrected chi connectivity index (χ1v) is 26.5. The minimum Gasteiger partial charge on any atom is -0.386 e. The third-order valence-corrected chi connectivity index (χ3v) is 17.3. The maximum atomic E-state index is 6.33. The second-order valence-electron chi connectivity index (χ2n) is 20.1. The van der Waals surface area contributed by atoms with E-state index in [4.69, 9.17) is 29.5 Å². The second kappa shape index (κ2) is 19.2. The molecule has 10 heteroatoms. The van der Waals surface area contributed by atoms with Gasteiger partial charge < -0.3 is 30.1 Å². The second-order valence-corrected chi connectivity index (χ2v) is 23.8. The fourth-order valence-electron chi connectivity index (χ4n) is 10.5. The molecule has 3 aliphatic rings. The molecule has 2 unspecified atom stereocenters. The number of para-hydroxylation sites is 1. The molecule has 9 rings (SSSR count). The van der Waals surface area contributed by atoms with Crippen LogP contribution >= 0.6 is 18.6 Å². The van der Waals surface area contributed by atoms with Gasteiger partial charge in [0.25, 0.3) is 0 Å². The number of benzene rings is 4. The van der Waals surface area contributed by atoms with Crippen LogP contribution in [0.4, 0.5) is 28.4 Å². The number of allylic oxidation sites excluding steroid dienone is 1. The average molecular weight is 920 g/mol. The maximum absolute atomic E-state index is 6.33. The van der Waals surface area contributed by atoms with Crippen LogP contribution in [0.25, 0.3) is 21.9 Å². The lowest BCUT2D eigenvalue weighted by Gasteiger charge is -2.40. The number of nitrogens with one attached hydrogen (secondary N) is 3. The number of fused-ring (bicyclic) bond motifs is 2. The Kier molecular flexibility index (Phi) is 13.3. The van der Waals surface area contributed by atoms with Gasteiger partial charge in [0.05, 0.1) is 11.4 Å². The molecule has 1 fully saturated rings. The molecule has 1 aliphatic carbocycles. The Morgan fingerprint density at radius 2 is 1.73 bits per heavy atom. The minimum absolute atomic E-state index is 0.299. The van der Waals surface area contributed by atoms with Gasteiger partial charge in [0, 0.05) is 85.7 Å². The van der Waals surface area contributed by atoms with Crippen LogP contribution in [0.5, 0.6) is 0 Å². The molecule has 0 spiro atoms. The Morgan fingerprint density at radius 3 is 2.47 bits per heavy atom. The Balaban J connectivity index is 1.02. The van der Waals surface area contributed by atoms with Gasteiger partial charge in [-0.1, -0.05) is 80.3 Å². The van der Waals surface area contributed by atoms with Gasteiger partial charge in [0.15, 0.2) is 0 Å². The third kappa shape index (κ3) is 9.89. The van der Waals surface area contributed by atoms with Crippen molar-refractivity contribution < 1.29 is 0 Å². The highest BCUT2D eigenvalue weighted by molar-refractivity contribution is 7.84. The molecule has 4 aromatic carbocycles. The summed E-state index contributed by atoms with van der Waals surface area (Å²) in [5, 5.41) is 10.4. The largest absolute Gasteiger partial charge is 0.386 e. The number of pyridine rings is 1. The lowest BCUT2D eigenvalue weighted by molar-refractivity contribution is 0.264. The monoisotopic (exact) mass is 918 g/mol. The highest BCUT2D eigenvalue weighted by Crippen LogP contribution is 2.63. The summed E-state index contributed by atoms with van der Waals surface area (Å²) in [5.41, 5.74) is 16.4. The van der Waals surface area contributed by atoms with Crippen molar-refractivity contribution in [1.29, 1.82) is 0 Å². The van der Waals surface area contributed by atoms with E-state index in [1.54, 1.807) is 5.57 Å². The van der Waals surface area contributed by atoms with Crippen molar-refractivity contribution in [1.82, 2.24) is 19.8 Å².